The molecular formula is C22H22F3IN4O3. The normalized spacial score (nSPS) is 22.3. The zero-order valence-corrected chi connectivity index (χ0v) is 19.7. The molecule has 11 heteroatoms. The molecule has 4 rings (SSSR count). The minimum Gasteiger partial charge on any atom is -0.483 e. The van der Waals surface area contributed by atoms with E-state index >= 15 is 0 Å². The molecule has 0 atom stereocenters. The molecule has 0 bridgehead atoms. The van der Waals surface area contributed by atoms with Crippen molar-refractivity contribution in [2.45, 2.75) is 29.2 Å². The zero-order chi connectivity index (χ0) is 24.0. The van der Waals surface area contributed by atoms with Crippen molar-refractivity contribution in [2.24, 2.45) is 11.1 Å². The molecular weight excluding hydrogens is 552 g/mol. The number of alkyl halides is 3. The summed E-state index contributed by atoms with van der Waals surface area (Å²) in [5.41, 5.74) is 6.25. The quantitative estimate of drug-likeness (QED) is 0.309. The molecule has 176 valence electrons. The van der Waals surface area contributed by atoms with E-state index in [4.69, 9.17) is 10.5 Å². The summed E-state index contributed by atoms with van der Waals surface area (Å²) in [4.78, 5) is 25.7. The van der Waals surface area contributed by atoms with Crippen molar-refractivity contribution in [2.75, 3.05) is 19.7 Å². The van der Waals surface area contributed by atoms with Crippen LogP contribution in [0.15, 0.2) is 37.1 Å². The molecule has 2 fully saturated rings. The average Bonchev–Trinajstić information content (AvgIpc) is 3.36. The molecule has 0 radical (unpaired) electrons. The number of halogens is 4. The van der Waals surface area contributed by atoms with Crippen LogP contribution in [-0.2, 0) is 4.79 Å². The number of aromatic nitrogens is 2. The van der Waals surface area contributed by atoms with Crippen LogP contribution in [0.1, 0.15) is 35.7 Å². The van der Waals surface area contributed by atoms with E-state index in [-0.39, 0.29) is 34.4 Å². The molecule has 7 nitrogen and oxygen atoms in total. The van der Waals surface area contributed by atoms with Gasteiger partial charge in [0.25, 0.3) is 5.91 Å². The number of rotatable bonds is 7. The van der Waals surface area contributed by atoms with Crippen molar-refractivity contribution in [3.63, 3.8) is 0 Å². The predicted octanol–water partition coefficient (Wildman–Crippen LogP) is 3.93. The van der Waals surface area contributed by atoms with Gasteiger partial charge in [0, 0.05) is 47.4 Å². The highest BCUT2D eigenvalue weighted by Crippen LogP contribution is 2.54. The molecule has 1 aromatic carbocycles. The summed E-state index contributed by atoms with van der Waals surface area (Å²) in [5.74, 6) is -1.96. The molecule has 2 heterocycles. The fourth-order valence-electron chi connectivity index (χ4n) is 4.61. The SMILES string of the molecule is C=CC(=O)N1CCC2(CC(n3cc(C(N)=O)c(-c4ccc(F)c(OCC(F)(F)I)c4)n3)C2)C1. The van der Waals surface area contributed by atoms with E-state index in [1.165, 1.54) is 18.2 Å². The standard InChI is InChI=1S/C22H22F3IN4O3/c1-2-18(31)29-6-5-21(11-29)8-14(9-21)30-10-15(20(27)32)19(28-30)13-3-4-16(23)17(7-13)33-12-22(24,25)26/h2-4,7,10,14H,1,5-6,8-9,11-12H2,(H2,27,32). The lowest BCUT2D eigenvalue weighted by Crippen LogP contribution is -2.41. The Morgan fingerprint density at radius 1 is 1.39 bits per heavy atom. The third kappa shape index (κ3) is 4.87. The van der Waals surface area contributed by atoms with Gasteiger partial charge in [-0.25, -0.2) is 4.39 Å². The fraction of sp³-hybridized carbons (Fsp3) is 0.409. The number of carbonyl (C=O) groups excluding carboxylic acids is 2. The molecule has 33 heavy (non-hydrogen) atoms. The first-order valence-electron chi connectivity index (χ1n) is 10.3. The minimum absolute atomic E-state index is 0.0177. The molecule has 1 aromatic heterocycles. The van der Waals surface area contributed by atoms with Crippen LogP contribution in [0.3, 0.4) is 0 Å². The van der Waals surface area contributed by atoms with Crippen LogP contribution in [0.5, 0.6) is 5.75 Å². The van der Waals surface area contributed by atoms with Gasteiger partial charge >= 0.3 is 3.93 Å². The number of primary amides is 1. The number of amides is 2. The summed E-state index contributed by atoms with van der Waals surface area (Å²) in [5, 5.41) is 4.52. The lowest BCUT2D eigenvalue weighted by atomic mass is 9.65. The van der Waals surface area contributed by atoms with Crippen molar-refractivity contribution in [1.82, 2.24) is 14.7 Å². The Bertz CT molecular complexity index is 1110. The maximum Gasteiger partial charge on any atom is 0.329 e. The van der Waals surface area contributed by atoms with Gasteiger partial charge in [0.05, 0.1) is 11.6 Å². The van der Waals surface area contributed by atoms with Gasteiger partial charge in [-0.05, 0) is 49.0 Å². The van der Waals surface area contributed by atoms with Gasteiger partial charge in [-0.2, -0.15) is 13.9 Å². The van der Waals surface area contributed by atoms with Gasteiger partial charge in [0.2, 0.25) is 5.91 Å². The topological polar surface area (TPSA) is 90.5 Å². The second-order valence-corrected chi connectivity index (χ2v) is 10.1. The predicted molar refractivity (Wildman–Crippen MR) is 123 cm³/mol. The molecule has 2 aromatic rings. The largest absolute Gasteiger partial charge is 0.483 e. The van der Waals surface area contributed by atoms with E-state index in [0.29, 0.717) is 18.7 Å². The molecule has 2 aliphatic rings. The highest BCUT2D eigenvalue weighted by atomic mass is 127. The summed E-state index contributed by atoms with van der Waals surface area (Å²) >= 11 is 0.906. The molecule has 1 spiro atoms. The Balaban J connectivity index is 1.55. The van der Waals surface area contributed by atoms with Crippen LogP contribution in [-0.4, -0.2) is 50.1 Å². The van der Waals surface area contributed by atoms with Gasteiger partial charge in [-0.1, -0.05) is 6.58 Å². The number of carbonyl (C=O) groups is 2. The van der Waals surface area contributed by atoms with Gasteiger partial charge in [-0.15, -0.1) is 0 Å². The molecule has 0 unspecified atom stereocenters. The Labute approximate surface area is 201 Å². The number of benzene rings is 1. The Morgan fingerprint density at radius 3 is 2.76 bits per heavy atom. The summed E-state index contributed by atoms with van der Waals surface area (Å²) in [6, 6.07) is 3.71. The summed E-state index contributed by atoms with van der Waals surface area (Å²) in [6.07, 6.45) is 5.33. The lowest BCUT2D eigenvalue weighted by molar-refractivity contribution is -0.125. The Kier molecular flexibility index (Phi) is 6.18. The van der Waals surface area contributed by atoms with Gasteiger partial charge in [0.15, 0.2) is 18.2 Å². The summed E-state index contributed by atoms with van der Waals surface area (Å²) in [6.45, 7) is 3.88. The second kappa shape index (κ2) is 8.65. The Morgan fingerprint density at radius 2 is 2.12 bits per heavy atom. The molecule has 1 aliphatic heterocycles. The van der Waals surface area contributed by atoms with E-state index in [0.717, 1.165) is 47.9 Å². The smallest absolute Gasteiger partial charge is 0.329 e. The van der Waals surface area contributed by atoms with Crippen molar-refractivity contribution in [3.8, 4) is 17.0 Å². The van der Waals surface area contributed by atoms with E-state index in [9.17, 15) is 22.8 Å². The third-order valence-electron chi connectivity index (χ3n) is 6.23. The third-order valence-corrected chi connectivity index (χ3v) is 6.54. The van der Waals surface area contributed by atoms with Crippen molar-refractivity contribution in [3.05, 3.63) is 48.4 Å². The minimum atomic E-state index is -3.16. The van der Waals surface area contributed by atoms with Gasteiger partial charge < -0.3 is 15.4 Å². The zero-order valence-electron chi connectivity index (χ0n) is 17.6. The molecule has 2 N–H and O–H groups in total. The highest BCUT2D eigenvalue weighted by molar-refractivity contribution is 14.1. The molecule has 2 amide bonds. The first-order chi connectivity index (χ1) is 15.5. The van der Waals surface area contributed by atoms with Gasteiger partial charge in [-0.3, -0.25) is 14.3 Å². The fourth-order valence-corrected chi connectivity index (χ4v) is 4.76. The number of nitrogens with zero attached hydrogens (tertiary/aromatic N) is 3. The van der Waals surface area contributed by atoms with Gasteiger partial charge in [0.1, 0.15) is 5.69 Å². The second-order valence-electron chi connectivity index (χ2n) is 8.56. The lowest BCUT2D eigenvalue weighted by Gasteiger charge is -2.45. The van der Waals surface area contributed by atoms with Crippen molar-refractivity contribution in [1.29, 1.82) is 0 Å². The number of ether oxygens (including phenoxy) is 1. The van der Waals surface area contributed by atoms with Crippen LogP contribution in [0, 0.1) is 11.2 Å². The van der Waals surface area contributed by atoms with Crippen LogP contribution in [0.25, 0.3) is 11.3 Å². The van der Waals surface area contributed by atoms with Crippen molar-refractivity contribution < 1.29 is 27.5 Å². The van der Waals surface area contributed by atoms with E-state index < -0.39 is 22.3 Å². The number of hydrogen-bond donors (Lipinski definition) is 1. The average molecular weight is 574 g/mol. The molecule has 1 saturated heterocycles. The monoisotopic (exact) mass is 574 g/mol. The summed E-state index contributed by atoms with van der Waals surface area (Å²) in [7, 11) is 0. The van der Waals surface area contributed by atoms with E-state index in [1.807, 2.05) is 0 Å². The molecule has 1 saturated carbocycles. The number of nitrogens with two attached hydrogens (primary N) is 1. The van der Waals surface area contributed by atoms with E-state index in [2.05, 4.69) is 11.7 Å². The highest BCUT2D eigenvalue weighted by Gasteiger charge is 2.50. The first-order valence-corrected chi connectivity index (χ1v) is 11.4. The van der Waals surface area contributed by atoms with Crippen LogP contribution in [0.2, 0.25) is 0 Å². The first kappa shape index (κ1) is 23.6. The maximum atomic E-state index is 14.1. The molecule has 1 aliphatic carbocycles. The van der Waals surface area contributed by atoms with Crippen LogP contribution in [0.4, 0.5) is 13.2 Å². The number of likely N-dealkylation sites (tertiary alicyclic amines) is 1. The van der Waals surface area contributed by atoms with Crippen LogP contribution >= 0.6 is 22.6 Å². The summed E-state index contributed by atoms with van der Waals surface area (Å²) < 4.78 is 43.8. The maximum absolute atomic E-state index is 14.1. The van der Waals surface area contributed by atoms with E-state index in [1.54, 1.807) is 15.8 Å². The number of hydrogen-bond acceptors (Lipinski definition) is 4. The van der Waals surface area contributed by atoms with Crippen LogP contribution < -0.4 is 10.5 Å². The Hall–Kier alpha value is -2.57. The van der Waals surface area contributed by atoms with Crippen molar-refractivity contribution >= 4 is 34.4 Å².